The second-order valence-corrected chi connectivity index (χ2v) is 4.75. The Balaban J connectivity index is 1.59. The average molecular weight is 219 g/mol. The van der Waals surface area contributed by atoms with E-state index in [-0.39, 0.29) is 0 Å². The van der Waals surface area contributed by atoms with Gasteiger partial charge in [0.05, 0.1) is 0 Å². The highest BCUT2D eigenvalue weighted by Crippen LogP contribution is 2.37. The zero-order chi connectivity index (χ0) is 11.0. The van der Waals surface area contributed by atoms with Gasteiger partial charge in [-0.1, -0.05) is 19.1 Å². The second-order valence-electron chi connectivity index (χ2n) is 4.75. The first-order valence-electron chi connectivity index (χ1n) is 5.93. The number of ether oxygens (including phenoxy) is 2. The van der Waals surface area contributed by atoms with Crippen molar-refractivity contribution in [3.05, 3.63) is 23.8 Å². The van der Waals surface area contributed by atoms with Crippen LogP contribution in [0.25, 0.3) is 0 Å². The van der Waals surface area contributed by atoms with Crippen LogP contribution in [0.4, 0.5) is 0 Å². The van der Waals surface area contributed by atoms with E-state index in [4.69, 9.17) is 9.47 Å². The minimum Gasteiger partial charge on any atom is -0.454 e. The van der Waals surface area contributed by atoms with Gasteiger partial charge < -0.3 is 14.8 Å². The zero-order valence-corrected chi connectivity index (χ0v) is 9.53. The van der Waals surface area contributed by atoms with E-state index in [1.165, 1.54) is 12.0 Å². The maximum atomic E-state index is 5.46. The molecule has 86 valence electrons. The van der Waals surface area contributed by atoms with Crippen LogP contribution in [-0.4, -0.2) is 13.3 Å². The van der Waals surface area contributed by atoms with Crippen LogP contribution in [0.1, 0.15) is 18.9 Å². The number of benzene rings is 1. The molecule has 0 saturated heterocycles. The summed E-state index contributed by atoms with van der Waals surface area (Å²) in [6.45, 7) is 4.65. The van der Waals surface area contributed by atoms with Crippen LogP contribution in [0.3, 0.4) is 0 Å². The number of fused-ring (bicyclic) bond motifs is 1. The topological polar surface area (TPSA) is 30.5 Å². The summed E-state index contributed by atoms with van der Waals surface area (Å²) < 4.78 is 10.8. The Morgan fingerprint density at radius 1 is 1.38 bits per heavy atom. The summed E-state index contributed by atoms with van der Waals surface area (Å²) in [6.07, 6.45) is 1.37. The van der Waals surface area contributed by atoms with Crippen molar-refractivity contribution in [3.63, 3.8) is 0 Å². The monoisotopic (exact) mass is 219 g/mol. The maximum Gasteiger partial charge on any atom is 0.231 e. The molecule has 0 aromatic heterocycles. The van der Waals surface area contributed by atoms with Gasteiger partial charge in [0.25, 0.3) is 0 Å². The fraction of sp³-hybridized carbons (Fsp3) is 0.538. The fourth-order valence-corrected chi connectivity index (χ4v) is 2.21. The molecule has 0 spiro atoms. The molecule has 1 heterocycles. The highest BCUT2D eigenvalue weighted by atomic mass is 16.7. The van der Waals surface area contributed by atoms with E-state index >= 15 is 0 Å². The summed E-state index contributed by atoms with van der Waals surface area (Å²) in [5.41, 5.74) is 1.20. The predicted molar refractivity (Wildman–Crippen MR) is 61.5 cm³/mol. The van der Waals surface area contributed by atoms with Crippen molar-refractivity contribution in [2.45, 2.75) is 19.9 Å². The first kappa shape index (κ1) is 9.97. The normalized spacial score (nSPS) is 25.8. The first-order valence-corrected chi connectivity index (χ1v) is 5.93. The highest BCUT2D eigenvalue weighted by molar-refractivity contribution is 5.48. The minimum atomic E-state index is 0.353. The van der Waals surface area contributed by atoms with Gasteiger partial charge in [0, 0.05) is 12.1 Å². The number of para-hydroxylation sites is 1. The summed E-state index contributed by atoms with van der Waals surface area (Å²) in [7, 11) is 0. The molecule has 0 bridgehead atoms. The quantitative estimate of drug-likeness (QED) is 0.841. The molecular formula is C13H17NO2. The Kier molecular flexibility index (Phi) is 2.48. The smallest absolute Gasteiger partial charge is 0.231 e. The molecule has 1 aromatic rings. The Morgan fingerprint density at radius 3 is 3.06 bits per heavy atom. The van der Waals surface area contributed by atoms with Gasteiger partial charge in [-0.25, -0.2) is 0 Å². The molecule has 2 atom stereocenters. The zero-order valence-electron chi connectivity index (χ0n) is 9.53. The van der Waals surface area contributed by atoms with Crippen LogP contribution in [0.15, 0.2) is 18.2 Å². The van der Waals surface area contributed by atoms with Crippen LogP contribution >= 0.6 is 0 Å². The Labute approximate surface area is 95.8 Å². The molecule has 2 aliphatic rings. The lowest BCUT2D eigenvalue weighted by Gasteiger charge is -2.07. The Morgan fingerprint density at radius 2 is 2.25 bits per heavy atom. The summed E-state index contributed by atoms with van der Waals surface area (Å²) in [6, 6.07) is 6.07. The summed E-state index contributed by atoms with van der Waals surface area (Å²) in [4.78, 5) is 0. The van der Waals surface area contributed by atoms with Gasteiger partial charge in [-0.15, -0.1) is 0 Å². The van der Waals surface area contributed by atoms with Gasteiger partial charge in [0.15, 0.2) is 11.5 Å². The molecule has 0 radical (unpaired) electrons. The maximum absolute atomic E-state index is 5.46. The predicted octanol–water partition coefficient (Wildman–Crippen LogP) is 2.16. The summed E-state index contributed by atoms with van der Waals surface area (Å²) >= 11 is 0. The molecule has 3 nitrogen and oxygen atoms in total. The van der Waals surface area contributed by atoms with Crippen LogP contribution in [0.2, 0.25) is 0 Å². The van der Waals surface area contributed by atoms with Crippen molar-refractivity contribution in [1.82, 2.24) is 5.32 Å². The van der Waals surface area contributed by atoms with Gasteiger partial charge >= 0.3 is 0 Å². The van der Waals surface area contributed by atoms with E-state index in [9.17, 15) is 0 Å². The molecule has 1 saturated carbocycles. The van der Waals surface area contributed by atoms with E-state index < -0.39 is 0 Å². The van der Waals surface area contributed by atoms with Crippen molar-refractivity contribution in [2.24, 2.45) is 11.8 Å². The van der Waals surface area contributed by atoms with Crippen molar-refractivity contribution >= 4 is 0 Å². The van der Waals surface area contributed by atoms with E-state index in [0.717, 1.165) is 36.4 Å². The third kappa shape index (κ3) is 1.87. The molecule has 3 rings (SSSR count). The molecule has 1 aliphatic heterocycles. The van der Waals surface area contributed by atoms with Gasteiger partial charge in [0.2, 0.25) is 6.79 Å². The molecule has 1 aliphatic carbocycles. The molecule has 1 N–H and O–H groups in total. The molecule has 1 aromatic carbocycles. The van der Waals surface area contributed by atoms with E-state index in [2.05, 4.69) is 18.3 Å². The van der Waals surface area contributed by atoms with Crippen molar-refractivity contribution in [3.8, 4) is 11.5 Å². The summed E-state index contributed by atoms with van der Waals surface area (Å²) in [5, 5.41) is 3.49. The first-order chi connectivity index (χ1) is 7.84. The van der Waals surface area contributed by atoms with E-state index in [1.54, 1.807) is 0 Å². The van der Waals surface area contributed by atoms with Gasteiger partial charge in [0.1, 0.15) is 0 Å². The van der Waals surface area contributed by atoms with Gasteiger partial charge in [-0.2, -0.15) is 0 Å². The number of rotatable bonds is 4. The van der Waals surface area contributed by atoms with Crippen molar-refractivity contribution in [1.29, 1.82) is 0 Å². The second kappa shape index (κ2) is 3.98. The number of hydrogen-bond donors (Lipinski definition) is 1. The highest BCUT2D eigenvalue weighted by Gasteiger charge is 2.31. The molecule has 16 heavy (non-hydrogen) atoms. The standard InChI is InChI=1S/C13H17NO2/c1-9-5-11(9)7-14-6-10-3-2-4-12-13(10)16-8-15-12/h2-4,9,11,14H,5-8H2,1H3. The lowest BCUT2D eigenvalue weighted by molar-refractivity contribution is 0.173. The van der Waals surface area contributed by atoms with Crippen LogP contribution in [0, 0.1) is 11.8 Å². The van der Waals surface area contributed by atoms with Crippen molar-refractivity contribution in [2.75, 3.05) is 13.3 Å². The molecule has 2 unspecified atom stereocenters. The minimum absolute atomic E-state index is 0.353. The Bertz CT molecular complexity index is 392. The number of nitrogens with one attached hydrogen (secondary N) is 1. The Hall–Kier alpha value is -1.22. The fourth-order valence-electron chi connectivity index (χ4n) is 2.21. The third-order valence-electron chi connectivity index (χ3n) is 3.48. The van der Waals surface area contributed by atoms with E-state index in [0.29, 0.717) is 6.79 Å². The van der Waals surface area contributed by atoms with Crippen LogP contribution in [0.5, 0.6) is 11.5 Å². The average Bonchev–Trinajstić information content (AvgIpc) is 2.81. The lowest BCUT2D eigenvalue weighted by atomic mass is 10.2. The van der Waals surface area contributed by atoms with Gasteiger partial charge in [-0.3, -0.25) is 0 Å². The SMILES string of the molecule is CC1CC1CNCc1cccc2c1OCO2. The molecule has 1 fully saturated rings. The van der Waals surface area contributed by atoms with Crippen LogP contribution < -0.4 is 14.8 Å². The van der Waals surface area contributed by atoms with Crippen LogP contribution in [-0.2, 0) is 6.54 Å². The third-order valence-corrected chi connectivity index (χ3v) is 3.48. The van der Waals surface area contributed by atoms with E-state index in [1.807, 2.05) is 12.1 Å². The molecule has 3 heteroatoms. The molecule has 0 amide bonds. The lowest BCUT2D eigenvalue weighted by Crippen LogP contribution is -2.17. The van der Waals surface area contributed by atoms with Crippen molar-refractivity contribution < 1.29 is 9.47 Å². The molecular weight excluding hydrogens is 202 g/mol. The summed E-state index contributed by atoms with van der Waals surface area (Å²) in [5.74, 6) is 3.58. The number of hydrogen-bond acceptors (Lipinski definition) is 3. The largest absolute Gasteiger partial charge is 0.454 e. The van der Waals surface area contributed by atoms with Gasteiger partial charge in [-0.05, 0) is 30.9 Å².